The van der Waals surface area contributed by atoms with Gasteiger partial charge in [0.2, 0.25) is 0 Å². The van der Waals surface area contributed by atoms with Crippen LogP contribution in [0.3, 0.4) is 0 Å². The van der Waals surface area contributed by atoms with Gasteiger partial charge in [0.15, 0.2) is 23.1 Å². The lowest BCUT2D eigenvalue weighted by molar-refractivity contribution is 0.288. The van der Waals surface area contributed by atoms with Crippen LogP contribution in [0.1, 0.15) is 20.8 Å². The van der Waals surface area contributed by atoms with Gasteiger partial charge >= 0.3 is 0 Å². The Balaban J connectivity index is 1.93. The summed E-state index contributed by atoms with van der Waals surface area (Å²) < 4.78 is 13.1. The molecular formula is C17H21N5O2. The molecule has 7 nitrogen and oxygen atoms in total. The number of hydrogen-bond acceptors (Lipinski definition) is 5. The molecule has 0 fully saturated rings. The summed E-state index contributed by atoms with van der Waals surface area (Å²) in [7, 11) is 0. The quantitative estimate of drug-likeness (QED) is 0.721. The van der Waals surface area contributed by atoms with E-state index in [9.17, 15) is 0 Å². The van der Waals surface area contributed by atoms with E-state index in [4.69, 9.17) is 9.47 Å². The summed E-state index contributed by atoms with van der Waals surface area (Å²) >= 11 is 0. The van der Waals surface area contributed by atoms with Crippen LogP contribution in [0.5, 0.6) is 11.5 Å². The van der Waals surface area contributed by atoms with Gasteiger partial charge < -0.3 is 14.5 Å². The van der Waals surface area contributed by atoms with Gasteiger partial charge in [0, 0.05) is 12.1 Å². The predicted octanol–water partition coefficient (Wildman–Crippen LogP) is 3.15. The smallest absolute Gasteiger partial charge is 0.194 e. The fourth-order valence-corrected chi connectivity index (χ4v) is 2.48. The van der Waals surface area contributed by atoms with Gasteiger partial charge in [-0.25, -0.2) is 14.6 Å². The van der Waals surface area contributed by atoms with Crippen molar-refractivity contribution in [3.63, 3.8) is 0 Å². The molecule has 0 unspecified atom stereocenters. The van der Waals surface area contributed by atoms with E-state index in [1.165, 1.54) is 6.33 Å². The van der Waals surface area contributed by atoms with Gasteiger partial charge in [0.25, 0.3) is 0 Å². The number of nitrogens with zero attached hydrogens (tertiary/aromatic N) is 4. The minimum atomic E-state index is 0.581. The van der Waals surface area contributed by atoms with Crippen molar-refractivity contribution in [2.75, 3.05) is 13.2 Å². The Morgan fingerprint density at radius 2 is 1.83 bits per heavy atom. The van der Waals surface area contributed by atoms with Gasteiger partial charge in [0.1, 0.15) is 6.33 Å². The third kappa shape index (κ3) is 3.10. The number of aromatic nitrogens is 5. The highest BCUT2D eigenvalue weighted by Crippen LogP contribution is 2.32. The van der Waals surface area contributed by atoms with E-state index in [1.807, 2.05) is 39.0 Å². The fraction of sp³-hybridized carbons (Fsp3) is 0.353. The Bertz CT molecular complexity index is 809. The van der Waals surface area contributed by atoms with E-state index in [2.05, 4.69) is 20.1 Å². The maximum absolute atomic E-state index is 5.68. The Kier molecular flexibility index (Phi) is 4.79. The zero-order valence-corrected chi connectivity index (χ0v) is 14.1. The van der Waals surface area contributed by atoms with E-state index in [1.54, 1.807) is 10.9 Å². The predicted molar refractivity (Wildman–Crippen MR) is 91.1 cm³/mol. The first-order valence-corrected chi connectivity index (χ1v) is 8.10. The number of aromatic amines is 1. The Hall–Kier alpha value is -2.83. The molecule has 0 saturated heterocycles. The highest BCUT2D eigenvalue weighted by Gasteiger charge is 2.13. The molecule has 3 aromatic rings. The van der Waals surface area contributed by atoms with Crippen LogP contribution < -0.4 is 9.47 Å². The van der Waals surface area contributed by atoms with Crippen molar-refractivity contribution in [2.45, 2.75) is 27.3 Å². The van der Waals surface area contributed by atoms with E-state index < -0.39 is 0 Å². The molecule has 0 spiro atoms. The topological polar surface area (TPSA) is 77.9 Å². The van der Waals surface area contributed by atoms with Crippen LogP contribution in [0.2, 0.25) is 0 Å². The molecule has 0 saturated carbocycles. The minimum absolute atomic E-state index is 0.581. The Morgan fingerprint density at radius 3 is 2.58 bits per heavy atom. The molecule has 0 radical (unpaired) electrons. The van der Waals surface area contributed by atoms with Gasteiger partial charge in [0.05, 0.1) is 25.1 Å². The second-order valence-corrected chi connectivity index (χ2v) is 5.07. The van der Waals surface area contributed by atoms with Gasteiger partial charge in [-0.15, -0.1) is 0 Å². The first-order valence-electron chi connectivity index (χ1n) is 8.10. The number of aryl methyl sites for hydroxylation is 1. The molecule has 1 aromatic carbocycles. The van der Waals surface area contributed by atoms with Crippen molar-refractivity contribution >= 4 is 0 Å². The van der Waals surface area contributed by atoms with Crippen molar-refractivity contribution in [3.05, 3.63) is 30.7 Å². The first kappa shape index (κ1) is 16.0. The third-order valence-electron chi connectivity index (χ3n) is 3.56. The van der Waals surface area contributed by atoms with Crippen LogP contribution in [0.25, 0.3) is 22.9 Å². The maximum atomic E-state index is 5.68. The molecule has 0 amide bonds. The molecule has 0 aliphatic rings. The maximum Gasteiger partial charge on any atom is 0.194 e. The molecule has 0 aliphatic carbocycles. The number of rotatable bonds is 7. The monoisotopic (exact) mass is 327 g/mol. The van der Waals surface area contributed by atoms with E-state index in [0.29, 0.717) is 19.0 Å². The number of imidazole rings is 1. The Morgan fingerprint density at radius 1 is 1.04 bits per heavy atom. The molecule has 3 rings (SSSR count). The summed E-state index contributed by atoms with van der Waals surface area (Å²) in [5.74, 6) is 2.88. The summed E-state index contributed by atoms with van der Waals surface area (Å²) in [6.07, 6.45) is 3.32. The summed E-state index contributed by atoms with van der Waals surface area (Å²) in [5, 5.41) is 4.17. The van der Waals surface area contributed by atoms with Crippen molar-refractivity contribution in [1.82, 2.24) is 24.7 Å². The summed E-state index contributed by atoms with van der Waals surface area (Å²) in [4.78, 5) is 12.0. The number of ether oxygens (including phenoxy) is 2. The van der Waals surface area contributed by atoms with Crippen LogP contribution in [0.15, 0.2) is 30.7 Å². The van der Waals surface area contributed by atoms with Crippen LogP contribution >= 0.6 is 0 Å². The van der Waals surface area contributed by atoms with Gasteiger partial charge in [-0.2, -0.15) is 5.10 Å². The standard InChI is InChI=1S/C17H21N5O2/c1-4-22-17(19-11-20-22)16-18-10-13(21-16)12-7-8-14(23-5-2)15(9-12)24-6-3/h7-11H,4-6H2,1-3H3,(H,18,21). The van der Waals surface area contributed by atoms with Gasteiger partial charge in [-0.1, -0.05) is 0 Å². The zero-order chi connectivity index (χ0) is 16.9. The van der Waals surface area contributed by atoms with Crippen molar-refractivity contribution < 1.29 is 9.47 Å². The van der Waals surface area contributed by atoms with E-state index in [-0.39, 0.29) is 0 Å². The largest absolute Gasteiger partial charge is 0.490 e. The average Bonchev–Trinajstić information content (AvgIpc) is 3.25. The normalized spacial score (nSPS) is 10.8. The Labute approximate surface area is 140 Å². The molecule has 2 aromatic heterocycles. The summed E-state index contributed by atoms with van der Waals surface area (Å²) in [6, 6.07) is 5.85. The SMILES string of the molecule is CCOc1ccc(-c2cnc(-c3ncnn3CC)[nH]2)cc1OCC. The van der Waals surface area contributed by atoms with Crippen molar-refractivity contribution in [3.8, 4) is 34.4 Å². The van der Waals surface area contributed by atoms with Gasteiger partial charge in [-0.3, -0.25) is 0 Å². The highest BCUT2D eigenvalue weighted by atomic mass is 16.5. The van der Waals surface area contributed by atoms with Crippen molar-refractivity contribution in [1.29, 1.82) is 0 Å². The third-order valence-corrected chi connectivity index (χ3v) is 3.56. The number of hydrogen-bond donors (Lipinski definition) is 1. The second-order valence-electron chi connectivity index (χ2n) is 5.07. The minimum Gasteiger partial charge on any atom is -0.490 e. The van der Waals surface area contributed by atoms with Crippen LogP contribution in [-0.4, -0.2) is 37.9 Å². The van der Waals surface area contributed by atoms with Crippen LogP contribution in [0, 0.1) is 0 Å². The van der Waals surface area contributed by atoms with Crippen LogP contribution in [0.4, 0.5) is 0 Å². The molecule has 24 heavy (non-hydrogen) atoms. The first-order chi connectivity index (χ1) is 11.8. The highest BCUT2D eigenvalue weighted by molar-refractivity contribution is 5.65. The average molecular weight is 327 g/mol. The number of benzene rings is 1. The number of nitrogens with one attached hydrogen (secondary N) is 1. The van der Waals surface area contributed by atoms with E-state index in [0.717, 1.165) is 35.1 Å². The molecule has 7 heteroatoms. The summed E-state index contributed by atoms with van der Waals surface area (Å²) in [6.45, 7) is 7.84. The zero-order valence-electron chi connectivity index (χ0n) is 14.1. The van der Waals surface area contributed by atoms with Crippen LogP contribution in [-0.2, 0) is 6.54 Å². The molecule has 0 atom stereocenters. The molecule has 2 heterocycles. The second kappa shape index (κ2) is 7.16. The fourth-order valence-electron chi connectivity index (χ4n) is 2.48. The van der Waals surface area contributed by atoms with Crippen molar-refractivity contribution in [2.24, 2.45) is 0 Å². The number of H-pyrrole nitrogens is 1. The lowest BCUT2D eigenvalue weighted by atomic mass is 10.1. The molecular weight excluding hydrogens is 306 g/mol. The lowest BCUT2D eigenvalue weighted by Crippen LogP contribution is -2.00. The summed E-state index contributed by atoms with van der Waals surface area (Å²) in [5.41, 5.74) is 1.86. The molecule has 126 valence electrons. The molecule has 0 aliphatic heterocycles. The van der Waals surface area contributed by atoms with Gasteiger partial charge in [-0.05, 0) is 39.0 Å². The lowest BCUT2D eigenvalue weighted by Gasteiger charge is -2.11. The molecule has 0 bridgehead atoms. The van der Waals surface area contributed by atoms with E-state index >= 15 is 0 Å². The molecule has 1 N–H and O–H groups in total.